The number of nitrogens with zero attached hydrogens (tertiary/aromatic N) is 2. The molecule has 1 heterocycles. The van der Waals surface area contributed by atoms with E-state index in [1.807, 2.05) is 6.92 Å². The van der Waals surface area contributed by atoms with E-state index in [0.717, 1.165) is 12.8 Å². The van der Waals surface area contributed by atoms with Gasteiger partial charge in [0.25, 0.3) is 0 Å². The van der Waals surface area contributed by atoms with Crippen molar-refractivity contribution in [2.24, 2.45) is 0 Å². The van der Waals surface area contributed by atoms with E-state index in [2.05, 4.69) is 10.3 Å². The van der Waals surface area contributed by atoms with Crippen molar-refractivity contribution in [3.8, 4) is 5.75 Å². The molecule has 0 aliphatic heterocycles. The minimum Gasteiger partial charge on any atom is -0.485 e. The molecule has 5 nitrogen and oxygen atoms in total. The van der Waals surface area contributed by atoms with Crippen LogP contribution >= 0.6 is 34.8 Å². The lowest BCUT2D eigenvalue weighted by Gasteiger charge is -2.21. The van der Waals surface area contributed by atoms with Crippen molar-refractivity contribution in [3.05, 3.63) is 45.9 Å². The fraction of sp³-hybridized carbons (Fsp3) is 0.375. The molecular formula is C16H18Cl3N3O2. The first-order chi connectivity index (χ1) is 11.5. The van der Waals surface area contributed by atoms with E-state index in [0.29, 0.717) is 27.4 Å². The summed E-state index contributed by atoms with van der Waals surface area (Å²) in [5.74, 6) is 0.260. The molecule has 0 saturated heterocycles. The lowest BCUT2D eigenvalue weighted by atomic mass is 10.2. The first-order valence-electron chi connectivity index (χ1n) is 7.53. The van der Waals surface area contributed by atoms with Crippen LogP contribution in [-0.4, -0.2) is 28.1 Å². The van der Waals surface area contributed by atoms with Crippen molar-refractivity contribution in [1.82, 2.24) is 14.9 Å². The summed E-state index contributed by atoms with van der Waals surface area (Å²) in [5, 5.41) is 3.99. The number of rotatable bonds is 8. The Morgan fingerprint density at radius 3 is 2.62 bits per heavy atom. The van der Waals surface area contributed by atoms with E-state index in [-0.39, 0.29) is 18.6 Å². The second-order valence-corrected chi connectivity index (χ2v) is 6.52. The van der Waals surface area contributed by atoms with Crippen LogP contribution in [0.5, 0.6) is 5.75 Å². The minimum atomic E-state index is -0.238. The van der Waals surface area contributed by atoms with E-state index < -0.39 is 0 Å². The SMILES string of the molecule is CCCC(CNC(=O)Cn1ccnc1)Oc1c(Cl)cc(Cl)cc1Cl. The molecule has 2 rings (SSSR count). The number of halogens is 3. The maximum absolute atomic E-state index is 12.0. The topological polar surface area (TPSA) is 56.2 Å². The molecule has 2 aromatic rings. The molecule has 0 fully saturated rings. The van der Waals surface area contributed by atoms with Crippen LogP contribution in [0.4, 0.5) is 0 Å². The highest BCUT2D eigenvalue weighted by Gasteiger charge is 2.16. The molecule has 1 aromatic heterocycles. The molecule has 0 bridgehead atoms. The predicted octanol–water partition coefficient (Wildman–Crippen LogP) is 4.21. The second kappa shape index (κ2) is 9.16. The van der Waals surface area contributed by atoms with Gasteiger partial charge in [-0.2, -0.15) is 0 Å². The molecule has 1 amide bonds. The molecule has 0 aliphatic rings. The Labute approximate surface area is 155 Å². The van der Waals surface area contributed by atoms with Gasteiger partial charge in [0.2, 0.25) is 5.91 Å². The molecule has 130 valence electrons. The summed E-state index contributed by atoms with van der Waals surface area (Å²) in [6.07, 6.45) is 6.35. The van der Waals surface area contributed by atoms with Gasteiger partial charge in [0.05, 0.1) is 22.9 Å². The predicted molar refractivity (Wildman–Crippen MR) is 96.0 cm³/mol. The molecule has 1 unspecified atom stereocenters. The van der Waals surface area contributed by atoms with E-state index >= 15 is 0 Å². The van der Waals surface area contributed by atoms with Gasteiger partial charge >= 0.3 is 0 Å². The Hall–Kier alpha value is -1.43. The molecule has 24 heavy (non-hydrogen) atoms. The van der Waals surface area contributed by atoms with Crippen molar-refractivity contribution >= 4 is 40.7 Å². The molecule has 1 aromatic carbocycles. The Bertz CT molecular complexity index is 654. The van der Waals surface area contributed by atoms with Crippen molar-refractivity contribution in [2.75, 3.05) is 6.54 Å². The van der Waals surface area contributed by atoms with Crippen molar-refractivity contribution in [3.63, 3.8) is 0 Å². The fourth-order valence-electron chi connectivity index (χ4n) is 2.16. The van der Waals surface area contributed by atoms with Gasteiger partial charge in [-0.05, 0) is 18.6 Å². The van der Waals surface area contributed by atoms with Crippen LogP contribution in [0.3, 0.4) is 0 Å². The van der Waals surface area contributed by atoms with Gasteiger partial charge < -0.3 is 14.6 Å². The van der Waals surface area contributed by atoms with Gasteiger partial charge in [0.1, 0.15) is 12.6 Å². The average molecular weight is 391 g/mol. The van der Waals surface area contributed by atoms with Gasteiger partial charge in [0, 0.05) is 17.4 Å². The Morgan fingerprint density at radius 2 is 2.04 bits per heavy atom. The lowest BCUT2D eigenvalue weighted by molar-refractivity contribution is -0.122. The van der Waals surface area contributed by atoms with Gasteiger partial charge in [-0.3, -0.25) is 4.79 Å². The van der Waals surface area contributed by atoms with Crippen LogP contribution < -0.4 is 10.1 Å². The second-order valence-electron chi connectivity index (χ2n) is 5.27. The molecule has 0 spiro atoms. The van der Waals surface area contributed by atoms with Crippen LogP contribution in [-0.2, 0) is 11.3 Å². The highest BCUT2D eigenvalue weighted by Crippen LogP contribution is 2.36. The quantitative estimate of drug-likeness (QED) is 0.734. The standard InChI is InChI=1S/C16H18Cl3N3O2/c1-2-3-12(8-21-15(23)9-22-5-4-20-10-22)24-16-13(18)6-11(17)7-14(16)19/h4-7,10,12H,2-3,8-9H2,1H3,(H,21,23). The number of hydrogen-bond acceptors (Lipinski definition) is 3. The van der Waals surface area contributed by atoms with Crippen LogP contribution in [0.1, 0.15) is 19.8 Å². The van der Waals surface area contributed by atoms with Crippen molar-refractivity contribution in [2.45, 2.75) is 32.4 Å². The Morgan fingerprint density at radius 1 is 1.33 bits per heavy atom. The summed E-state index contributed by atoms with van der Waals surface area (Å²) in [6.45, 7) is 2.60. The van der Waals surface area contributed by atoms with E-state index in [4.69, 9.17) is 39.5 Å². The van der Waals surface area contributed by atoms with Crippen LogP contribution in [0.15, 0.2) is 30.9 Å². The van der Waals surface area contributed by atoms with Crippen molar-refractivity contribution < 1.29 is 9.53 Å². The Balaban J connectivity index is 1.95. The molecule has 0 aliphatic carbocycles. The summed E-state index contributed by atoms with van der Waals surface area (Å²) < 4.78 is 7.59. The van der Waals surface area contributed by atoms with Crippen LogP contribution in [0.25, 0.3) is 0 Å². The molecule has 8 heteroatoms. The number of carbonyl (C=O) groups excluding carboxylic acids is 1. The summed E-state index contributed by atoms with van der Waals surface area (Å²) in [7, 11) is 0. The zero-order valence-corrected chi connectivity index (χ0v) is 15.4. The highest BCUT2D eigenvalue weighted by molar-refractivity contribution is 6.40. The summed E-state index contributed by atoms with van der Waals surface area (Å²) >= 11 is 18.2. The highest BCUT2D eigenvalue weighted by atomic mass is 35.5. The first kappa shape index (κ1) is 18.9. The van der Waals surface area contributed by atoms with Crippen molar-refractivity contribution in [1.29, 1.82) is 0 Å². The molecule has 1 N–H and O–H groups in total. The van der Waals surface area contributed by atoms with Crippen LogP contribution in [0, 0.1) is 0 Å². The van der Waals surface area contributed by atoms with E-state index in [1.165, 1.54) is 0 Å². The number of nitrogens with one attached hydrogen (secondary N) is 1. The Kier molecular flexibility index (Phi) is 7.21. The average Bonchev–Trinajstić information content (AvgIpc) is 3.01. The fourth-order valence-corrected chi connectivity index (χ4v) is 3.07. The van der Waals surface area contributed by atoms with E-state index in [9.17, 15) is 4.79 Å². The summed E-state index contributed by atoms with van der Waals surface area (Å²) in [5.41, 5.74) is 0. The smallest absolute Gasteiger partial charge is 0.240 e. The minimum absolute atomic E-state index is 0.119. The normalized spacial score (nSPS) is 12.0. The van der Waals surface area contributed by atoms with Crippen LogP contribution in [0.2, 0.25) is 15.1 Å². The molecule has 0 radical (unpaired) electrons. The zero-order chi connectivity index (χ0) is 17.5. The van der Waals surface area contributed by atoms with Gasteiger partial charge in [-0.25, -0.2) is 4.98 Å². The maximum Gasteiger partial charge on any atom is 0.240 e. The number of amides is 1. The number of imidazole rings is 1. The zero-order valence-electron chi connectivity index (χ0n) is 13.1. The third-order valence-corrected chi connectivity index (χ3v) is 4.05. The monoisotopic (exact) mass is 389 g/mol. The van der Waals surface area contributed by atoms with Gasteiger partial charge in [-0.15, -0.1) is 0 Å². The largest absolute Gasteiger partial charge is 0.485 e. The van der Waals surface area contributed by atoms with E-state index in [1.54, 1.807) is 35.4 Å². The van der Waals surface area contributed by atoms with Gasteiger partial charge in [-0.1, -0.05) is 48.1 Å². The number of ether oxygens (including phenoxy) is 1. The third-order valence-electron chi connectivity index (χ3n) is 3.27. The number of aromatic nitrogens is 2. The number of carbonyl (C=O) groups is 1. The number of hydrogen-bond donors (Lipinski definition) is 1. The third kappa shape index (κ3) is 5.58. The summed E-state index contributed by atoms with van der Waals surface area (Å²) in [4.78, 5) is 15.9. The molecule has 1 atom stereocenters. The number of benzene rings is 1. The molecule has 0 saturated carbocycles. The summed E-state index contributed by atoms with van der Waals surface area (Å²) in [6, 6.07) is 3.15. The lowest BCUT2D eigenvalue weighted by Crippen LogP contribution is -2.37. The first-order valence-corrected chi connectivity index (χ1v) is 8.66. The maximum atomic E-state index is 12.0. The van der Waals surface area contributed by atoms with Gasteiger partial charge in [0.15, 0.2) is 5.75 Å². The molecular weight excluding hydrogens is 373 g/mol.